The summed E-state index contributed by atoms with van der Waals surface area (Å²) in [5.41, 5.74) is 0.365. The van der Waals surface area contributed by atoms with E-state index in [-0.39, 0.29) is 36.5 Å². The summed E-state index contributed by atoms with van der Waals surface area (Å²) in [6, 6.07) is 2.88. The molecule has 0 aromatic heterocycles. The number of ether oxygens (including phenoxy) is 2. The molecule has 0 saturated carbocycles. The molecule has 6 heteroatoms. The van der Waals surface area contributed by atoms with Gasteiger partial charge in [0.1, 0.15) is 29.5 Å². The zero-order valence-electron chi connectivity index (χ0n) is 13.4. The molecule has 0 spiro atoms. The lowest BCUT2D eigenvalue weighted by Crippen LogP contribution is -2.10. The summed E-state index contributed by atoms with van der Waals surface area (Å²) in [6.07, 6.45) is 6.12. The maximum Gasteiger partial charge on any atom is 0.342 e. The van der Waals surface area contributed by atoms with Crippen LogP contribution >= 0.6 is 0 Å². The van der Waals surface area contributed by atoms with E-state index in [1.165, 1.54) is 25.3 Å². The average molecular weight is 332 g/mol. The topological polar surface area (TPSA) is 93.1 Å². The molecule has 0 radical (unpaired) electrons. The number of benzene rings is 1. The average Bonchev–Trinajstić information content (AvgIpc) is 2.56. The van der Waals surface area contributed by atoms with Crippen LogP contribution in [0, 0.1) is 0 Å². The van der Waals surface area contributed by atoms with Gasteiger partial charge in [0, 0.05) is 18.9 Å². The Morgan fingerprint density at radius 3 is 2.79 bits per heavy atom. The number of methoxy groups -OCH3 is 1. The Bertz CT molecular complexity index is 674. The van der Waals surface area contributed by atoms with E-state index in [1.54, 1.807) is 18.2 Å². The van der Waals surface area contributed by atoms with Gasteiger partial charge in [0.15, 0.2) is 0 Å². The molecule has 2 rings (SSSR count). The highest BCUT2D eigenvalue weighted by molar-refractivity contribution is 5.97. The molecular formula is C18H20O6. The third-order valence-corrected chi connectivity index (χ3v) is 3.60. The number of aromatic hydroxyl groups is 1. The number of rotatable bonds is 1. The molecule has 1 aliphatic rings. The number of carbonyl (C=O) groups excluding carboxylic acids is 2. The number of allylic oxidation sites excluding steroid dienone is 1. The lowest BCUT2D eigenvalue weighted by molar-refractivity contribution is -0.118. The number of hydrogen-bond acceptors (Lipinski definition) is 6. The fourth-order valence-corrected chi connectivity index (χ4v) is 2.29. The second-order valence-corrected chi connectivity index (χ2v) is 5.39. The van der Waals surface area contributed by atoms with E-state index in [4.69, 9.17) is 9.47 Å². The SMILES string of the molecule is COc1cc(O)c2c(c1)C=CC(O)CCC(=O)CC=CCOC2=O. The molecule has 6 nitrogen and oxygen atoms in total. The van der Waals surface area contributed by atoms with Gasteiger partial charge >= 0.3 is 5.97 Å². The second-order valence-electron chi connectivity index (χ2n) is 5.39. The number of ketones is 1. The first-order valence-electron chi connectivity index (χ1n) is 7.62. The minimum Gasteiger partial charge on any atom is -0.507 e. The van der Waals surface area contributed by atoms with Crippen molar-refractivity contribution in [2.45, 2.75) is 25.4 Å². The van der Waals surface area contributed by atoms with Crippen LogP contribution in [0.4, 0.5) is 0 Å². The maximum atomic E-state index is 12.2. The minimum atomic E-state index is -0.835. The van der Waals surface area contributed by atoms with Crippen molar-refractivity contribution in [2.75, 3.05) is 13.7 Å². The van der Waals surface area contributed by atoms with Crippen LogP contribution in [0.1, 0.15) is 35.2 Å². The lowest BCUT2D eigenvalue weighted by atomic mass is 10.0. The van der Waals surface area contributed by atoms with Gasteiger partial charge in [0.2, 0.25) is 0 Å². The minimum absolute atomic E-state index is 0.000728. The molecule has 1 aromatic rings. The van der Waals surface area contributed by atoms with E-state index < -0.39 is 12.1 Å². The van der Waals surface area contributed by atoms with Crippen LogP contribution < -0.4 is 4.74 Å². The van der Waals surface area contributed by atoms with Gasteiger partial charge in [0.25, 0.3) is 0 Å². The predicted octanol–water partition coefficient (Wildman–Crippen LogP) is 2.24. The smallest absolute Gasteiger partial charge is 0.342 e. The number of cyclic esters (lactones) is 1. The highest BCUT2D eigenvalue weighted by atomic mass is 16.5. The number of hydrogen-bond donors (Lipinski definition) is 2. The van der Waals surface area contributed by atoms with Crippen LogP contribution in [0.3, 0.4) is 0 Å². The number of Topliss-reactive ketones (excluding diaryl/α,β-unsaturated/α-hetero) is 1. The van der Waals surface area contributed by atoms with Gasteiger partial charge in [-0.1, -0.05) is 24.3 Å². The van der Waals surface area contributed by atoms with Gasteiger partial charge in [-0.05, 0) is 18.1 Å². The standard InChI is InChI=1S/C18H20O6/c1-23-15-10-12-5-6-14(20)8-7-13(19)4-2-3-9-24-18(22)17(12)16(21)11-15/h2-3,5-6,10-11,14,20-21H,4,7-9H2,1H3. The number of phenolic OH excluding ortho intramolecular Hbond substituents is 1. The number of phenols is 1. The van der Waals surface area contributed by atoms with E-state index in [1.807, 2.05) is 0 Å². The van der Waals surface area contributed by atoms with Crippen molar-refractivity contribution in [3.05, 3.63) is 41.5 Å². The molecule has 0 bridgehead atoms. The van der Waals surface area contributed by atoms with Gasteiger partial charge in [-0.15, -0.1) is 0 Å². The quantitative estimate of drug-likeness (QED) is 0.605. The molecule has 0 amide bonds. The summed E-state index contributed by atoms with van der Waals surface area (Å²) in [5.74, 6) is -0.590. The summed E-state index contributed by atoms with van der Waals surface area (Å²) < 4.78 is 10.2. The molecule has 1 heterocycles. The van der Waals surface area contributed by atoms with Crippen molar-refractivity contribution in [1.29, 1.82) is 0 Å². The van der Waals surface area contributed by atoms with Gasteiger partial charge in [-0.2, -0.15) is 0 Å². The Balaban J connectivity index is 2.40. The van der Waals surface area contributed by atoms with Gasteiger partial charge in [-0.25, -0.2) is 4.79 Å². The maximum absolute atomic E-state index is 12.2. The van der Waals surface area contributed by atoms with E-state index in [0.717, 1.165) is 0 Å². The van der Waals surface area contributed by atoms with Crippen molar-refractivity contribution in [2.24, 2.45) is 0 Å². The first-order valence-corrected chi connectivity index (χ1v) is 7.62. The Hall–Kier alpha value is -2.60. The molecule has 1 aliphatic heterocycles. The largest absolute Gasteiger partial charge is 0.507 e. The second kappa shape index (κ2) is 8.31. The Morgan fingerprint density at radius 2 is 2.04 bits per heavy atom. The summed E-state index contributed by atoms with van der Waals surface area (Å²) in [7, 11) is 1.44. The molecule has 1 atom stereocenters. The highest BCUT2D eigenvalue weighted by Gasteiger charge is 2.18. The highest BCUT2D eigenvalue weighted by Crippen LogP contribution is 2.30. The number of aliphatic hydroxyl groups excluding tert-OH is 1. The van der Waals surface area contributed by atoms with E-state index in [2.05, 4.69) is 0 Å². The fraction of sp³-hybridized carbons (Fsp3) is 0.333. The summed E-state index contributed by atoms with van der Waals surface area (Å²) >= 11 is 0. The third-order valence-electron chi connectivity index (χ3n) is 3.60. The van der Waals surface area contributed by atoms with Gasteiger partial charge in [0.05, 0.1) is 13.2 Å². The van der Waals surface area contributed by atoms with Crippen molar-refractivity contribution in [3.8, 4) is 11.5 Å². The van der Waals surface area contributed by atoms with E-state index >= 15 is 0 Å². The Labute approximate surface area is 140 Å². The molecular weight excluding hydrogens is 312 g/mol. The molecule has 0 saturated heterocycles. The van der Waals surface area contributed by atoms with E-state index in [9.17, 15) is 19.8 Å². The Morgan fingerprint density at radius 1 is 1.25 bits per heavy atom. The lowest BCUT2D eigenvalue weighted by Gasteiger charge is -2.11. The molecule has 24 heavy (non-hydrogen) atoms. The zero-order chi connectivity index (χ0) is 17.5. The van der Waals surface area contributed by atoms with Crippen LogP contribution in [0.25, 0.3) is 6.08 Å². The van der Waals surface area contributed by atoms with Gasteiger partial charge < -0.3 is 19.7 Å². The summed E-state index contributed by atoms with van der Waals surface area (Å²) in [4.78, 5) is 23.9. The first kappa shape index (κ1) is 17.7. The number of esters is 1. The number of fused-ring (bicyclic) bond motifs is 1. The molecule has 0 aliphatic carbocycles. The van der Waals surface area contributed by atoms with Crippen LogP contribution in [0.15, 0.2) is 30.4 Å². The van der Waals surface area contributed by atoms with Crippen LogP contribution in [0.5, 0.6) is 11.5 Å². The number of aliphatic hydroxyl groups is 1. The van der Waals surface area contributed by atoms with Crippen molar-refractivity contribution >= 4 is 17.8 Å². The van der Waals surface area contributed by atoms with Gasteiger partial charge in [-0.3, -0.25) is 4.79 Å². The van der Waals surface area contributed by atoms with Crippen LogP contribution in [-0.2, 0) is 9.53 Å². The molecule has 2 N–H and O–H groups in total. The zero-order valence-corrected chi connectivity index (χ0v) is 13.4. The van der Waals surface area contributed by atoms with E-state index in [0.29, 0.717) is 17.7 Å². The number of carbonyl (C=O) groups is 2. The van der Waals surface area contributed by atoms with Crippen molar-refractivity contribution < 1.29 is 29.3 Å². The van der Waals surface area contributed by atoms with Crippen molar-refractivity contribution in [1.82, 2.24) is 0 Å². The monoisotopic (exact) mass is 332 g/mol. The molecule has 0 fully saturated rings. The summed E-state index contributed by atoms with van der Waals surface area (Å²) in [6.45, 7) is 0.00334. The molecule has 1 aromatic carbocycles. The normalized spacial score (nSPS) is 19.3. The predicted molar refractivity (Wildman–Crippen MR) is 88.0 cm³/mol. The molecule has 128 valence electrons. The third kappa shape index (κ3) is 4.70. The van der Waals surface area contributed by atoms with Crippen LogP contribution in [-0.4, -0.2) is 41.8 Å². The van der Waals surface area contributed by atoms with Crippen molar-refractivity contribution in [3.63, 3.8) is 0 Å². The fourth-order valence-electron chi connectivity index (χ4n) is 2.29. The summed E-state index contributed by atoms with van der Waals surface area (Å²) in [5, 5.41) is 20.1. The molecule has 1 unspecified atom stereocenters. The Kier molecular flexibility index (Phi) is 6.14. The van der Waals surface area contributed by atoms with Crippen LogP contribution in [0.2, 0.25) is 0 Å². The first-order chi connectivity index (χ1) is 11.5.